The Morgan fingerprint density at radius 2 is 1.96 bits per heavy atom. The zero-order valence-electron chi connectivity index (χ0n) is 15.3. The Kier molecular flexibility index (Phi) is 5.76. The van der Waals surface area contributed by atoms with Gasteiger partial charge < -0.3 is 5.32 Å². The van der Waals surface area contributed by atoms with Crippen LogP contribution in [0.25, 0.3) is 10.9 Å². The predicted molar refractivity (Wildman–Crippen MR) is 111 cm³/mol. The van der Waals surface area contributed by atoms with Crippen molar-refractivity contribution in [3.63, 3.8) is 0 Å². The Hall–Kier alpha value is -2.86. The van der Waals surface area contributed by atoms with Crippen LogP contribution in [-0.2, 0) is 11.3 Å². The molecule has 0 aliphatic carbocycles. The van der Waals surface area contributed by atoms with Crippen molar-refractivity contribution in [2.75, 3.05) is 5.32 Å². The summed E-state index contributed by atoms with van der Waals surface area (Å²) in [4.78, 5) is 29.9. The lowest BCUT2D eigenvalue weighted by molar-refractivity contribution is -0.115. The summed E-state index contributed by atoms with van der Waals surface area (Å²) in [5.41, 5.74) is 2.36. The van der Waals surface area contributed by atoms with Crippen LogP contribution in [0.4, 0.5) is 5.69 Å². The molecule has 3 aromatic rings. The highest BCUT2D eigenvalue weighted by molar-refractivity contribution is 8.00. The molecule has 138 valence electrons. The Morgan fingerprint density at radius 1 is 1.26 bits per heavy atom. The van der Waals surface area contributed by atoms with E-state index in [1.165, 1.54) is 11.8 Å². The van der Waals surface area contributed by atoms with Gasteiger partial charge in [0.15, 0.2) is 5.16 Å². The number of rotatable bonds is 6. The number of carbonyl (C=O) groups excluding carboxylic acids is 1. The quantitative estimate of drug-likeness (QED) is 0.399. The normalized spacial score (nSPS) is 11.9. The SMILES string of the molecule is C=CCn1c(S[C@H](C)C(=O)Nc2ccc(C)cc2)nc2ccccc2c1=O. The molecule has 0 radical (unpaired) electrons. The summed E-state index contributed by atoms with van der Waals surface area (Å²) in [6, 6.07) is 14.8. The molecule has 3 rings (SSSR count). The molecule has 1 N–H and O–H groups in total. The molecule has 2 aromatic carbocycles. The van der Waals surface area contributed by atoms with Crippen LogP contribution in [0.3, 0.4) is 0 Å². The Bertz CT molecular complexity index is 1040. The highest BCUT2D eigenvalue weighted by atomic mass is 32.2. The van der Waals surface area contributed by atoms with Crippen LogP contribution in [0.2, 0.25) is 0 Å². The number of amides is 1. The largest absolute Gasteiger partial charge is 0.325 e. The van der Waals surface area contributed by atoms with Crippen molar-refractivity contribution in [1.29, 1.82) is 0 Å². The summed E-state index contributed by atoms with van der Waals surface area (Å²) in [7, 11) is 0. The van der Waals surface area contributed by atoms with Gasteiger partial charge in [-0.3, -0.25) is 14.2 Å². The molecule has 1 aromatic heterocycles. The second-order valence-electron chi connectivity index (χ2n) is 6.23. The van der Waals surface area contributed by atoms with Crippen molar-refractivity contribution < 1.29 is 4.79 Å². The number of benzene rings is 2. The van der Waals surface area contributed by atoms with E-state index in [4.69, 9.17) is 0 Å². The number of carbonyl (C=O) groups is 1. The minimum atomic E-state index is -0.421. The first-order valence-corrected chi connectivity index (χ1v) is 9.52. The van der Waals surface area contributed by atoms with E-state index in [9.17, 15) is 9.59 Å². The number of aromatic nitrogens is 2. The average molecular weight is 379 g/mol. The standard InChI is InChI=1S/C21H21N3O2S/c1-4-13-24-20(26)17-7-5-6-8-18(17)23-21(24)27-15(3)19(25)22-16-11-9-14(2)10-12-16/h4-12,15H,1,13H2,2-3H3,(H,22,25)/t15-/m1/s1. The van der Waals surface area contributed by atoms with E-state index in [1.54, 1.807) is 29.7 Å². The highest BCUT2D eigenvalue weighted by Gasteiger charge is 2.19. The van der Waals surface area contributed by atoms with Crippen molar-refractivity contribution >= 4 is 34.3 Å². The molecule has 6 heteroatoms. The average Bonchev–Trinajstić information content (AvgIpc) is 2.66. The number of fused-ring (bicyclic) bond motifs is 1. The third kappa shape index (κ3) is 4.28. The van der Waals surface area contributed by atoms with Gasteiger partial charge >= 0.3 is 0 Å². The van der Waals surface area contributed by atoms with Gasteiger partial charge in [0.25, 0.3) is 5.56 Å². The number of allylic oxidation sites excluding steroid dienone is 1. The summed E-state index contributed by atoms with van der Waals surface area (Å²) in [5.74, 6) is -0.142. The molecule has 0 aliphatic heterocycles. The molecular weight excluding hydrogens is 358 g/mol. The number of aryl methyl sites for hydroxylation is 1. The molecule has 0 aliphatic rings. The van der Waals surface area contributed by atoms with Gasteiger partial charge in [0, 0.05) is 12.2 Å². The van der Waals surface area contributed by atoms with Crippen molar-refractivity contribution in [3.05, 3.63) is 77.1 Å². The van der Waals surface area contributed by atoms with E-state index in [0.717, 1.165) is 11.3 Å². The molecule has 0 fully saturated rings. The van der Waals surface area contributed by atoms with Gasteiger partial charge in [0.1, 0.15) is 0 Å². The fourth-order valence-corrected chi connectivity index (χ4v) is 3.54. The van der Waals surface area contributed by atoms with E-state index in [-0.39, 0.29) is 11.5 Å². The summed E-state index contributed by atoms with van der Waals surface area (Å²) in [6.07, 6.45) is 1.65. The van der Waals surface area contributed by atoms with E-state index >= 15 is 0 Å². The molecule has 0 saturated heterocycles. The lowest BCUT2D eigenvalue weighted by Crippen LogP contribution is -2.26. The molecule has 1 amide bonds. The molecule has 0 spiro atoms. The van der Waals surface area contributed by atoms with Gasteiger partial charge in [-0.15, -0.1) is 6.58 Å². The first kappa shape index (κ1) is 18.9. The van der Waals surface area contributed by atoms with Crippen LogP contribution in [0, 0.1) is 6.92 Å². The number of anilines is 1. The van der Waals surface area contributed by atoms with Crippen molar-refractivity contribution in [1.82, 2.24) is 9.55 Å². The van der Waals surface area contributed by atoms with E-state index < -0.39 is 5.25 Å². The van der Waals surface area contributed by atoms with Crippen molar-refractivity contribution in [2.45, 2.75) is 30.8 Å². The zero-order valence-corrected chi connectivity index (χ0v) is 16.1. The maximum absolute atomic E-state index is 12.8. The van der Waals surface area contributed by atoms with Crippen LogP contribution in [0.5, 0.6) is 0 Å². The number of thioether (sulfide) groups is 1. The fraction of sp³-hybridized carbons (Fsp3) is 0.190. The van der Waals surface area contributed by atoms with Gasteiger partial charge in [0.05, 0.1) is 16.2 Å². The second-order valence-corrected chi connectivity index (χ2v) is 7.54. The Balaban J connectivity index is 1.87. The van der Waals surface area contributed by atoms with Gasteiger partial charge in [-0.2, -0.15) is 0 Å². The fourth-order valence-electron chi connectivity index (χ4n) is 2.62. The van der Waals surface area contributed by atoms with Crippen molar-refractivity contribution in [2.24, 2.45) is 0 Å². The summed E-state index contributed by atoms with van der Waals surface area (Å²) in [5, 5.41) is 3.54. The predicted octanol–water partition coefficient (Wildman–Crippen LogP) is 4.01. The maximum Gasteiger partial charge on any atom is 0.262 e. The lowest BCUT2D eigenvalue weighted by Gasteiger charge is -2.15. The molecule has 0 bridgehead atoms. The van der Waals surface area contributed by atoms with E-state index in [1.807, 2.05) is 43.3 Å². The van der Waals surface area contributed by atoms with Crippen LogP contribution < -0.4 is 10.9 Å². The molecule has 27 heavy (non-hydrogen) atoms. The summed E-state index contributed by atoms with van der Waals surface area (Å²) >= 11 is 1.26. The Labute approximate surface area is 162 Å². The molecule has 0 saturated carbocycles. The van der Waals surface area contributed by atoms with Crippen LogP contribution in [-0.4, -0.2) is 20.7 Å². The first-order chi connectivity index (χ1) is 13.0. The molecule has 0 unspecified atom stereocenters. The third-order valence-electron chi connectivity index (χ3n) is 4.11. The maximum atomic E-state index is 12.8. The van der Waals surface area contributed by atoms with Gasteiger partial charge in [-0.05, 0) is 38.1 Å². The monoisotopic (exact) mass is 379 g/mol. The smallest absolute Gasteiger partial charge is 0.262 e. The summed E-state index contributed by atoms with van der Waals surface area (Å²) in [6.45, 7) is 7.85. The molecule has 1 heterocycles. The molecular formula is C21H21N3O2S. The number of hydrogen-bond acceptors (Lipinski definition) is 4. The number of hydrogen-bond donors (Lipinski definition) is 1. The van der Waals surface area contributed by atoms with Gasteiger partial charge in [0.2, 0.25) is 5.91 Å². The third-order valence-corrected chi connectivity index (χ3v) is 5.20. The second kappa shape index (κ2) is 8.22. The topological polar surface area (TPSA) is 64.0 Å². The molecule has 1 atom stereocenters. The number of para-hydroxylation sites is 1. The van der Waals surface area contributed by atoms with Crippen molar-refractivity contribution in [3.8, 4) is 0 Å². The minimum absolute atomic E-state index is 0.130. The highest BCUT2D eigenvalue weighted by Crippen LogP contribution is 2.23. The van der Waals surface area contributed by atoms with Crippen LogP contribution >= 0.6 is 11.8 Å². The van der Waals surface area contributed by atoms with E-state index in [2.05, 4.69) is 16.9 Å². The lowest BCUT2D eigenvalue weighted by atomic mass is 10.2. The number of nitrogens with one attached hydrogen (secondary N) is 1. The van der Waals surface area contributed by atoms with Crippen LogP contribution in [0.1, 0.15) is 12.5 Å². The zero-order chi connectivity index (χ0) is 19.4. The van der Waals surface area contributed by atoms with Gasteiger partial charge in [-0.25, -0.2) is 4.98 Å². The van der Waals surface area contributed by atoms with Gasteiger partial charge in [-0.1, -0.05) is 47.7 Å². The summed E-state index contributed by atoms with van der Waals surface area (Å²) < 4.78 is 1.55. The van der Waals surface area contributed by atoms with Crippen LogP contribution in [0.15, 0.2) is 71.1 Å². The Morgan fingerprint density at radius 3 is 2.67 bits per heavy atom. The minimum Gasteiger partial charge on any atom is -0.325 e. The number of nitrogens with zero attached hydrogens (tertiary/aromatic N) is 2. The first-order valence-electron chi connectivity index (χ1n) is 8.64. The van der Waals surface area contributed by atoms with E-state index in [0.29, 0.717) is 22.6 Å². The molecule has 5 nitrogen and oxygen atoms in total.